The molecule has 0 saturated carbocycles. The minimum Gasteiger partial charge on any atom is -0.456 e. The second kappa shape index (κ2) is 7.81. The molecule has 0 unspecified atom stereocenters. The minimum absolute atomic E-state index is 0.935. The van der Waals surface area contributed by atoms with Crippen LogP contribution in [0.25, 0.3) is 54.9 Å². The molecule has 0 saturated heterocycles. The number of rotatable bonds is 1. The van der Waals surface area contributed by atoms with Crippen LogP contribution < -0.4 is 0 Å². The molecule has 0 amide bonds. The van der Waals surface area contributed by atoms with Gasteiger partial charge in [0.15, 0.2) is 0 Å². The van der Waals surface area contributed by atoms with Crippen LogP contribution in [0.3, 0.4) is 0 Å². The molecule has 2 heteroatoms. The Kier molecular flexibility index (Phi) is 4.83. The number of hydrogen-bond acceptors (Lipinski definition) is 1. The highest BCUT2D eigenvalue weighted by Gasteiger charge is 2.14. The lowest BCUT2D eigenvalue weighted by Crippen LogP contribution is -1.89. The first kappa shape index (κ1) is 19.2. The standard InChI is InChI=1S/C25H17NO.C4H8/c1-26-22-11-4-2-7-18(22)21-10-6-9-17(25(21)26)16-13-14-20-19-8-3-5-12-23(19)27-24(20)15-16;1-3-4-2/h2-15H,1H3;3-4H,1-2H3/b;4-3-. The molecule has 0 aliphatic carbocycles. The molecule has 0 atom stereocenters. The molecule has 0 aliphatic heterocycles. The van der Waals surface area contributed by atoms with Gasteiger partial charge in [-0.3, -0.25) is 0 Å². The molecule has 0 fully saturated rings. The average molecular weight is 404 g/mol. The monoisotopic (exact) mass is 403 g/mol. The summed E-state index contributed by atoms with van der Waals surface area (Å²) in [7, 11) is 2.15. The van der Waals surface area contributed by atoms with Gasteiger partial charge in [-0.25, -0.2) is 0 Å². The largest absolute Gasteiger partial charge is 0.456 e. The zero-order chi connectivity index (χ0) is 21.4. The fourth-order valence-corrected chi connectivity index (χ4v) is 4.36. The molecule has 2 heterocycles. The first-order valence-electron chi connectivity index (χ1n) is 10.7. The summed E-state index contributed by atoms with van der Waals surface area (Å²) in [6, 6.07) is 29.9. The summed E-state index contributed by atoms with van der Waals surface area (Å²) in [6.07, 6.45) is 4.00. The van der Waals surface area contributed by atoms with Gasteiger partial charge in [-0.2, -0.15) is 0 Å². The first-order valence-corrected chi connectivity index (χ1v) is 10.7. The minimum atomic E-state index is 0.935. The molecule has 0 N–H and O–H groups in total. The van der Waals surface area contributed by atoms with E-state index in [1.807, 2.05) is 38.1 Å². The van der Waals surface area contributed by atoms with E-state index < -0.39 is 0 Å². The normalized spacial score (nSPS) is 11.6. The molecular formula is C29H25NO. The predicted molar refractivity (Wildman–Crippen MR) is 134 cm³/mol. The van der Waals surface area contributed by atoms with Crippen LogP contribution in [-0.4, -0.2) is 4.57 Å². The molecule has 6 aromatic rings. The average Bonchev–Trinajstić information content (AvgIpc) is 3.34. The summed E-state index contributed by atoms with van der Waals surface area (Å²) in [5.74, 6) is 0. The van der Waals surface area contributed by atoms with Crippen LogP contribution in [0.4, 0.5) is 0 Å². The number of fused-ring (bicyclic) bond motifs is 6. The van der Waals surface area contributed by atoms with Gasteiger partial charge in [0.1, 0.15) is 11.2 Å². The van der Waals surface area contributed by atoms with Crippen molar-refractivity contribution in [3.63, 3.8) is 0 Å². The van der Waals surface area contributed by atoms with Crippen molar-refractivity contribution in [2.75, 3.05) is 0 Å². The second-order valence-electron chi connectivity index (χ2n) is 7.75. The summed E-state index contributed by atoms with van der Waals surface area (Å²) in [5, 5.41) is 4.91. The van der Waals surface area contributed by atoms with Gasteiger partial charge in [-0.1, -0.05) is 72.8 Å². The fraction of sp³-hybridized carbons (Fsp3) is 0.103. The number of benzene rings is 4. The van der Waals surface area contributed by atoms with Crippen molar-refractivity contribution in [1.29, 1.82) is 0 Å². The van der Waals surface area contributed by atoms with Gasteiger partial charge in [0, 0.05) is 39.7 Å². The Morgan fingerprint density at radius 2 is 1.32 bits per heavy atom. The highest BCUT2D eigenvalue weighted by molar-refractivity contribution is 6.13. The quantitative estimate of drug-likeness (QED) is 0.252. The highest BCUT2D eigenvalue weighted by atomic mass is 16.3. The van der Waals surface area contributed by atoms with Gasteiger partial charge >= 0.3 is 0 Å². The van der Waals surface area contributed by atoms with E-state index >= 15 is 0 Å². The van der Waals surface area contributed by atoms with Crippen molar-refractivity contribution in [2.45, 2.75) is 13.8 Å². The predicted octanol–water partition coefficient (Wildman–Crippen LogP) is 8.48. The van der Waals surface area contributed by atoms with E-state index in [-0.39, 0.29) is 0 Å². The number of aromatic nitrogens is 1. The van der Waals surface area contributed by atoms with Crippen molar-refractivity contribution in [3.8, 4) is 11.1 Å². The Morgan fingerprint density at radius 3 is 2.13 bits per heavy atom. The zero-order valence-corrected chi connectivity index (χ0v) is 18.1. The number of allylic oxidation sites excluding steroid dienone is 2. The number of furan rings is 1. The van der Waals surface area contributed by atoms with E-state index in [9.17, 15) is 0 Å². The summed E-state index contributed by atoms with van der Waals surface area (Å²) in [5.41, 5.74) is 6.79. The molecule has 2 nitrogen and oxygen atoms in total. The van der Waals surface area contributed by atoms with E-state index in [1.165, 1.54) is 43.7 Å². The molecule has 0 radical (unpaired) electrons. The van der Waals surface area contributed by atoms with E-state index in [2.05, 4.69) is 84.4 Å². The number of hydrogen-bond donors (Lipinski definition) is 0. The Hall–Kier alpha value is -3.78. The van der Waals surface area contributed by atoms with Gasteiger partial charge in [0.2, 0.25) is 0 Å². The summed E-state index contributed by atoms with van der Waals surface area (Å²) < 4.78 is 8.40. The summed E-state index contributed by atoms with van der Waals surface area (Å²) >= 11 is 0. The van der Waals surface area contributed by atoms with Gasteiger partial charge < -0.3 is 8.98 Å². The number of para-hydroxylation sites is 3. The molecule has 0 spiro atoms. The SMILES string of the molecule is C/C=C\C.Cn1c2ccccc2c2cccc(-c3ccc4c(c3)oc3ccccc34)c21. The third-order valence-electron chi connectivity index (χ3n) is 5.95. The lowest BCUT2D eigenvalue weighted by Gasteiger charge is -2.07. The second-order valence-corrected chi connectivity index (χ2v) is 7.75. The third-order valence-corrected chi connectivity index (χ3v) is 5.95. The Bertz CT molecular complexity index is 1560. The van der Waals surface area contributed by atoms with Crippen molar-refractivity contribution < 1.29 is 4.42 Å². The molecule has 2 aromatic heterocycles. The van der Waals surface area contributed by atoms with E-state index in [4.69, 9.17) is 4.42 Å². The number of aryl methyl sites for hydroxylation is 1. The van der Waals surface area contributed by atoms with Crippen LogP contribution in [0, 0.1) is 0 Å². The topological polar surface area (TPSA) is 18.1 Å². The van der Waals surface area contributed by atoms with Gasteiger partial charge in [-0.15, -0.1) is 0 Å². The summed E-state index contributed by atoms with van der Waals surface area (Å²) in [6.45, 7) is 4.00. The van der Waals surface area contributed by atoms with E-state index in [0.29, 0.717) is 0 Å². The maximum atomic E-state index is 6.11. The van der Waals surface area contributed by atoms with Crippen molar-refractivity contribution in [3.05, 3.63) is 97.1 Å². The van der Waals surface area contributed by atoms with E-state index in [0.717, 1.165) is 11.2 Å². The Morgan fingerprint density at radius 1 is 0.645 bits per heavy atom. The van der Waals surface area contributed by atoms with Crippen LogP contribution in [0.2, 0.25) is 0 Å². The van der Waals surface area contributed by atoms with Crippen LogP contribution >= 0.6 is 0 Å². The molecule has 152 valence electrons. The smallest absolute Gasteiger partial charge is 0.136 e. The third kappa shape index (κ3) is 3.12. The van der Waals surface area contributed by atoms with Crippen molar-refractivity contribution in [2.24, 2.45) is 7.05 Å². The highest BCUT2D eigenvalue weighted by Crippen LogP contribution is 2.37. The zero-order valence-electron chi connectivity index (χ0n) is 18.1. The van der Waals surface area contributed by atoms with Gasteiger partial charge in [0.05, 0.1) is 5.52 Å². The van der Waals surface area contributed by atoms with Gasteiger partial charge in [0.25, 0.3) is 0 Å². The Balaban J connectivity index is 0.000000473. The van der Waals surface area contributed by atoms with E-state index in [1.54, 1.807) is 0 Å². The van der Waals surface area contributed by atoms with Crippen LogP contribution in [0.5, 0.6) is 0 Å². The Labute approximate surface area is 182 Å². The fourth-order valence-electron chi connectivity index (χ4n) is 4.36. The maximum Gasteiger partial charge on any atom is 0.136 e. The van der Waals surface area contributed by atoms with Gasteiger partial charge in [-0.05, 0) is 43.7 Å². The molecule has 0 aliphatic rings. The number of nitrogens with zero attached hydrogens (tertiary/aromatic N) is 1. The van der Waals surface area contributed by atoms with Crippen molar-refractivity contribution >= 4 is 43.7 Å². The van der Waals surface area contributed by atoms with Crippen LogP contribution in [0.1, 0.15) is 13.8 Å². The van der Waals surface area contributed by atoms with Crippen molar-refractivity contribution in [1.82, 2.24) is 4.57 Å². The summed E-state index contributed by atoms with van der Waals surface area (Å²) in [4.78, 5) is 0. The molecule has 4 aromatic carbocycles. The molecular weight excluding hydrogens is 378 g/mol. The van der Waals surface area contributed by atoms with Crippen LogP contribution in [-0.2, 0) is 7.05 Å². The lowest BCUT2D eigenvalue weighted by atomic mass is 10.0. The lowest BCUT2D eigenvalue weighted by molar-refractivity contribution is 0.669. The first-order chi connectivity index (χ1) is 15.2. The molecule has 6 rings (SSSR count). The van der Waals surface area contributed by atoms with Crippen LogP contribution in [0.15, 0.2) is 101 Å². The molecule has 31 heavy (non-hydrogen) atoms. The molecule has 0 bridgehead atoms. The maximum absolute atomic E-state index is 6.11.